The molecule has 21 heavy (non-hydrogen) atoms. The third-order valence-corrected chi connectivity index (χ3v) is 3.59. The largest absolute Gasteiger partial charge is 0.491 e. The number of benzene rings is 2. The first-order valence-electron chi connectivity index (χ1n) is 7.69. The third-order valence-electron chi connectivity index (χ3n) is 3.59. The van der Waals surface area contributed by atoms with E-state index in [1.165, 1.54) is 16.7 Å². The van der Waals surface area contributed by atoms with Gasteiger partial charge in [-0.25, -0.2) is 0 Å². The Morgan fingerprint density at radius 1 is 1.00 bits per heavy atom. The summed E-state index contributed by atoms with van der Waals surface area (Å²) in [5, 5.41) is 3.48. The van der Waals surface area contributed by atoms with Crippen molar-refractivity contribution in [2.75, 3.05) is 0 Å². The SMILES string of the molecule is CCC(C)Oc1cccc(CNCc2ccc(C)cc2)c1. The molecule has 0 saturated carbocycles. The second-order valence-electron chi connectivity index (χ2n) is 5.57. The Morgan fingerprint density at radius 3 is 2.43 bits per heavy atom. The topological polar surface area (TPSA) is 21.3 Å². The van der Waals surface area contributed by atoms with Gasteiger partial charge < -0.3 is 10.1 Å². The molecule has 0 aliphatic heterocycles. The van der Waals surface area contributed by atoms with Crippen molar-refractivity contribution >= 4 is 0 Å². The molecule has 0 aliphatic rings. The summed E-state index contributed by atoms with van der Waals surface area (Å²) in [5.74, 6) is 0.957. The predicted molar refractivity (Wildman–Crippen MR) is 88.5 cm³/mol. The van der Waals surface area contributed by atoms with Crippen LogP contribution in [0.2, 0.25) is 0 Å². The fourth-order valence-electron chi connectivity index (χ4n) is 2.10. The molecular weight excluding hydrogens is 258 g/mol. The van der Waals surface area contributed by atoms with Crippen molar-refractivity contribution < 1.29 is 4.74 Å². The molecule has 0 radical (unpaired) electrons. The van der Waals surface area contributed by atoms with Crippen LogP contribution in [0.5, 0.6) is 5.75 Å². The Labute approximate surface area is 128 Å². The van der Waals surface area contributed by atoms with Crippen LogP contribution in [0.3, 0.4) is 0 Å². The van der Waals surface area contributed by atoms with Crippen LogP contribution >= 0.6 is 0 Å². The van der Waals surface area contributed by atoms with Gasteiger partial charge in [0.15, 0.2) is 0 Å². The first-order valence-corrected chi connectivity index (χ1v) is 7.69. The van der Waals surface area contributed by atoms with Crippen molar-refractivity contribution in [3.63, 3.8) is 0 Å². The summed E-state index contributed by atoms with van der Waals surface area (Å²) in [7, 11) is 0. The van der Waals surface area contributed by atoms with Gasteiger partial charge in [0.1, 0.15) is 5.75 Å². The molecule has 0 amide bonds. The van der Waals surface area contributed by atoms with E-state index < -0.39 is 0 Å². The minimum absolute atomic E-state index is 0.265. The zero-order chi connectivity index (χ0) is 15.1. The number of hydrogen-bond acceptors (Lipinski definition) is 2. The highest BCUT2D eigenvalue weighted by Gasteiger charge is 2.02. The van der Waals surface area contributed by atoms with E-state index in [4.69, 9.17) is 4.74 Å². The van der Waals surface area contributed by atoms with Crippen LogP contribution < -0.4 is 10.1 Å². The fourth-order valence-corrected chi connectivity index (χ4v) is 2.10. The van der Waals surface area contributed by atoms with E-state index in [0.29, 0.717) is 0 Å². The molecule has 112 valence electrons. The molecule has 2 aromatic carbocycles. The Balaban J connectivity index is 1.85. The quantitative estimate of drug-likeness (QED) is 0.810. The standard InChI is InChI=1S/C19H25NO/c1-4-16(3)21-19-7-5-6-18(12-19)14-20-13-17-10-8-15(2)9-11-17/h5-12,16,20H,4,13-14H2,1-3H3. The summed E-state index contributed by atoms with van der Waals surface area (Å²) in [5.41, 5.74) is 3.86. The molecule has 1 unspecified atom stereocenters. The zero-order valence-corrected chi connectivity index (χ0v) is 13.2. The molecule has 2 heteroatoms. The smallest absolute Gasteiger partial charge is 0.120 e. The Kier molecular flexibility index (Phi) is 5.82. The van der Waals surface area contributed by atoms with Crippen molar-refractivity contribution in [1.82, 2.24) is 5.32 Å². The maximum absolute atomic E-state index is 5.85. The average molecular weight is 283 g/mol. The molecule has 0 heterocycles. The van der Waals surface area contributed by atoms with Crippen molar-refractivity contribution in [2.45, 2.75) is 46.4 Å². The molecule has 1 N–H and O–H groups in total. The number of hydrogen-bond donors (Lipinski definition) is 1. The van der Waals surface area contributed by atoms with E-state index in [1.807, 2.05) is 6.07 Å². The third kappa shape index (κ3) is 5.24. The fraction of sp³-hybridized carbons (Fsp3) is 0.368. The number of ether oxygens (including phenoxy) is 1. The van der Waals surface area contributed by atoms with Crippen LogP contribution in [0.25, 0.3) is 0 Å². The van der Waals surface area contributed by atoms with E-state index in [2.05, 4.69) is 68.6 Å². The van der Waals surface area contributed by atoms with Gasteiger partial charge in [-0.2, -0.15) is 0 Å². The number of aryl methyl sites for hydroxylation is 1. The van der Waals surface area contributed by atoms with E-state index in [1.54, 1.807) is 0 Å². The molecule has 0 fully saturated rings. The van der Waals surface area contributed by atoms with E-state index in [9.17, 15) is 0 Å². The minimum atomic E-state index is 0.265. The highest BCUT2D eigenvalue weighted by atomic mass is 16.5. The maximum Gasteiger partial charge on any atom is 0.120 e. The van der Waals surface area contributed by atoms with Gasteiger partial charge in [0.05, 0.1) is 6.10 Å². The summed E-state index contributed by atoms with van der Waals surface area (Å²) in [6.45, 7) is 8.09. The molecule has 2 aromatic rings. The molecule has 2 rings (SSSR count). The molecular formula is C19H25NO. The Bertz CT molecular complexity index is 548. The lowest BCUT2D eigenvalue weighted by atomic mass is 10.1. The van der Waals surface area contributed by atoms with E-state index in [0.717, 1.165) is 25.3 Å². The van der Waals surface area contributed by atoms with Crippen LogP contribution in [0.1, 0.15) is 37.0 Å². The zero-order valence-electron chi connectivity index (χ0n) is 13.2. The number of rotatable bonds is 7. The molecule has 2 nitrogen and oxygen atoms in total. The monoisotopic (exact) mass is 283 g/mol. The van der Waals surface area contributed by atoms with Gasteiger partial charge in [-0.05, 0) is 43.5 Å². The summed E-state index contributed by atoms with van der Waals surface area (Å²) < 4.78 is 5.85. The van der Waals surface area contributed by atoms with Crippen molar-refractivity contribution in [3.8, 4) is 5.75 Å². The Hall–Kier alpha value is -1.80. The molecule has 0 aromatic heterocycles. The van der Waals surface area contributed by atoms with Crippen LogP contribution in [0.4, 0.5) is 0 Å². The van der Waals surface area contributed by atoms with Gasteiger partial charge in [0.2, 0.25) is 0 Å². The second-order valence-corrected chi connectivity index (χ2v) is 5.57. The predicted octanol–water partition coefficient (Wildman–Crippen LogP) is 4.46. The summed E-state index contributed by atoms with van der Waals surface area (Å²) in [6, 6.07) is 17.0. The van der Waals surface area contributed by atoms with Crippen molar-refractivity contribution in [2.24, 2.45) is 0 Å². The molecule has 0 spiro atoms. The molecule has 0 aliphatic carbocycles. The van der Waals surface area contributed by atoms with Gasteiger partial charge in [-0.3, -0.25) is 0 Å². The summed E-state index contributed by atoms with van der Waals surface area (Å²) >= 11 is 0. The van der Waals surface area contributed by atoms with Gasteiger partial charge in [-0.1, -0.05) is 48.9 Å². The highest BCUT2D eigenvalue weighted by molar-refractivity contribution is 5.29. The van der Waals surface area contributed by atoms with Gasteiger partial charge in [0, 0.05) is 13.1 Å². The lowest BCUT2D eigenvalue weighted by molar-refractivity contribution is 0.217. The number of nitrogens with one attached hydrogen (secondary N) is 1. The minimum Gasteiger partial charge on any atom is -0.491 e. The first-order chi connectivity index (χ1) is 10.2. The van der Waals surface area contributed by atoms with Crippen LogP contribution in [-0.4, -0.2) is 6.10 Å². The van der Waals surface area contributed by atoms with Crippen molar-refractivity contribution in [1.29, 1.82) is 0 Å². The normalized spacial score (nSPS) is 12.1. The summed E-state index contributed by atoms with van der Waals surface area (Å²) in [6.07, 6.45) is 1.29. The average Bonchev–Trinajstić information content (AvgIpc) is 2.49. The van der Waals surface area contributed by atoms with Crippen molar-refractivity contribution in [3.05, 3.63) is 65.2 Å². The maximum atomic E-state index is 5.85. The van der Waals surface area contributed by atoms with Gasteiger partial charge in [-0.15, -0.1) is 0 Å². The second kappa shape index (κ2) is 7.84. The van der Waals surface area contributed by atoms with Gasteiger partial charge >= 0.3 is 0 Å². The van der Waals surface area contributed by atoms with E-state index >= 15 is 0 Å². The highest BCUT2D eigenvalue weighted by Crippen LogP contribution is 2.16. The molecule has 1 atom stereocenters. The summed E-state index contributed by atoms with van der Waals surface area (Å²) in [4.78, 5) is 0. The lowest BCUT2D eigenvalue weighted by Gasteiger charge is -2.13. The Morgan fingerprint density at radius 2 is 1.71 bits per heavy atom. The van der Waals surface area contributed by atoms with E-state index in [-0.39, 0.29) is 6.10 Å². The van der Waals surface area contributed by atoms with Crippen LogP contribution in [0.15, 0.2) is 48.5 Å². The van der Waals surface area contributed by atoms with Gasteiger partial charge in [0.25, 0.3) is 0 Å². The molecule has 0 saturated heterocycles. The lowest BCUT2D eigenvalue weighted by Crippen LogP contribution is -2.13. The first kappa shape index (κ1) is 15.6. The molecule has 0 bridgehead atoms. The van der Waals surface area contributed by atoms with Crippen LogP contribution in [-0.2, 0) is 13.1 Å². The van der Waals surface area contributed by atoms with Crippen LogP contribution in [0, 0.1) is 6.92 Å².